The molecule has 0 saturated carbocycles. The van der Waals surface area contributed by atoms with Gasteiger partial charge in [-0.3, -0.25) is 4.79 Å². The first-order chi connectivity index (χ1) is 27.4. The maximum Gasteiger partial charge on any atom is 0.306 e. The molecule has 6 atom stereocenters. The highest BCUT2D eigenvalue weighted by molar-refractivity contribution is 5.69. The molecule has 0 bridgehead atoms. The van der Waals surface area contributed by atoms with Crippen LogP contribution in [0.4, 0.5) is 0 Å². The van der Waals surface area contributed by atoms with E-state index in [1.54, 1.807) is 0 Å². The van der Waals surface area contributed by atoms with Gasteiger partial charge < -0.3 is 39.4 Å². The third kappa shape index (κ3) is 29.8. The highest BCUT2D eigenvalue weighted by Gasteiger charge is 2.44. The number of aliphatic hydroxyl groups excluding tert-OH is 4. The van der Waals surface area contributed by atoms with Crippen LogP contribution >= 0.6 is 0 Å². The molecule has 330 valence electrons. The highest BCUT2D eigenvalue weighted by atomic mass is 16.7. The van der Waals surface area contributed by atoms with E-state index in [9.17, 15) is 25.2 Å². The second-order valence-corrected chi connectivity index (χ2v) is 16.2. The minimum Gasteiger partial charge on any atom is -0.457 e. The molecule has 56 heavy (non-hydrogen) atoms. The Kier molecular flexibility index (Phi) is 36.8. The van der Waals surface area contributed by atoms with Crippen molar-refractivity contribution in [1.82, 2.24) is 0 Å². The van der Waals surface area contributed by atoms with Gasteiger partial charge in [-0.2, -0.15) is 0 Å². The molecule has 1 saturated heterocycles. The van der Waals surface area contributed by atoms with Crippen LogP contribution in [0.1, 0.15) is 206 Å². The molecule has 0 aromatic rings. The molecule has 1 rings (SSSR count). The number of allylic oxidation sites excluding steroid dienone is 4. The molecule has 1 aliphatic heterocycles. The summed E-state index contributed by atoms with van der Waals surface area (Å²) in [4.78, 5) is 12.8. The second kappa shape index (κ2) is 39.1. The van der Waals surface area contributed by atoms with Gasteiger partial charge >= 0.3 is 5.97 Å². The average Bonchev–Trinajstić information content (AvgIpc) is 3.20. The number of aliphatic hydroxyl groups is 4. The van der Waals surface area contributed by atoms with Gasteiger partial charge in [-0.1, -0.05) is 160 Å². The van der Waals surface area contributed by atoms with Crippen molar-refractivity contribution in [2.45, 2.75) is 243 Å². The average molecular weight is 797 g/mol. The van der Waals surface area contributed by atoms with Gasteiger partial charge in [0, 0.05) is 13.0 Å². The number of ether oxygens (including phenoxy) is 4. The van der Waals surface area contributed by atoms with Gasteiger partial charge in [0.05, 0.1) is 19.8 Å². The Hall–Kier alpha value is -1.33. The molecule has 4 N–H and O–H groups in total. The molecule has 1 aliphatic rings. The summed E-state index contributed by atoms with van der Waals surface area (Å²) in [6, 6.07) is 0. The monoisotopic (exact) mass is 797 g/mol. The minimum atomic E-state index is -1.54. The second-order valence-electron chi connectivity index (χ2n) is 16.2. The predicted octanol–water partition coefficient (Wildman–Crippen LogP) is 10.6. The molecule has 0 spiro atoms. The van der Waals surface area contributed by atoms with E-state index in [0.717, 1.165) is 44.9 Å². The van der Waals surface area contributed by atoms with Crippen LogP contribution in [0.2, 0.25) is 0 Å². The maximum absolute atomic E-state index is 12.8. The molecular weight excluding hydrogens is 709 g/mol. The number of rotatable bonds is 40. The normalized spacial score (nSPS) is 20.7. The largest absolute Gasteiger partial charge is 0.457 e. The summed E-state index contributed by atoms with van der Waals surface area (Å²) in [5.74, 6) is -0.322. The first-order valence-corrected chi connectivity index (χ1v) is 23.4. The fraction of sp³-hybridized carbons (Fsp3) is 0.894. The molecule has 0 amide bonds. The molecule has 1 fully saturated rings. The first kappa shape index (κ1) is 52.7. The van der Waals surface area contributed by atoms with Crippen LogP contribution in [0.5, 0.6) is 0 Å². The van der Waals surface area contributed by atoms with Crippen molar-refractivity contribution < 1.29 is 44.2 Å². The van der Waals surface area contributed by atoms with E-state index in [4.69, 9.17) is 18.9 Å². The summed E-state index contributed by atoms with van der Waals surface area (Å²) in [5.41, 5.74) is 0. The molecule has 1 heterocycles. The lowest BCUT2D eigenvalue weighted by Crippen LogP contribution is -2.59. The first-order valence-electron chi connectivity index (χ1n) is 23.4. The van der Waals surface area contributed by atoms with E-state index in [0.29, 0.717) is 13.0 Å². The van der Waals surface area contributed by atoms with Crippen molar-refractivity contribution in [3.05, 3.63) is 24.3 Å². The van der Waals surface area contributed by atoms with Crippen LogP contribution in [-0.2, 0) is 23.7 Å². The van der Waals surface area contributed by atoms with Gasteiger partial charge in [-0.05, 0) is 64.2 Å². The number of hydrogen-bond acceptors (Lipinski definition) is 9. The maximum atomic E-state index is 12.8. The summed E-state index contributed by atoms with van der Waals surface area (Å²) in [6.45, 7) is 4.54. The molecule has 0 radical (unpaired) electrons. The third-order valence-electron chi connectivity index (χ3n) is 10.8. The van der Waals surface area contributed by atoms with Crippen LogP contribution in [-0.4, -0.2) is 89.6 Å². The number of esters is 1. The van der Waals surface area contributed by atoms with Gasteiger partial charge in [-0.25, -0.2) is 0 Å². The van der Waals surface area contributed by atoms with Gasteiger partial charge in [0.2, 0.25) is 0 Å². The van der Waals surface area contributed by atoms with E-state index in [2.05, 4.69) is 38.2 Å². The molecule has 0 aliphatic carbocycles. The topological polar surface area (TPSA) is 135 Å². The van der Waals surface area contributed by atoms with Crippen molar-refractivity contribution in [3.8, 4) is 0 Å². The fourth-order valence-electron chi connectivity index (χ4n) is 7.13. The Morgan fingerprint density at radius 1 is 0.554 bits per heavy atom. The van der Waals surface area contributed by atoms with Crippen LogP contribution in [0.15, 0.2) is 24.3 Å². The lowest BCUT2D eigenvalue weighted by molar-refractivity contribution is -0.305. The molecule has 6 unspecified atom stereocenters. The van der Waals surface area contributed by atoms with Crippen molar-refractivity contribution in [1.29, 1.82) is 0 Å². The Bertz CT molecular complexity index is 910. The molecule has 9 nitrogen and oxygen atoms in total. The van der Waals surface area contributed by atoms with Gasteiger partial charge in [0.1, 0.15) is 30.5 Å². The Morgan fingerprint density at radius 2 is 0.982 bits per heavy atom. The van der Waals surface area contributed by atoms with Crippen molar-refractivity contribution >= 4 is 5.97 Å². The van der Waals surface area contributed by atoms with Crippen molar-refractivity contribution in [2.75, 3.05) is 26.4 Å². The molecule has 0 aromatic carbocycles. The highest BCUT2D eigenvalue weighted by Crippen LogP contribution is 2.22. The summed E-state index contributed by atoms with van der Waals surface area (Å²) >= 11 is 0. The van der Waals surface area contributed by atoms with E-state index in [-0.39, 0.29) is 19.2 Å². The Morgan fingerprint density at radius 3 is 1.46 bits per heavy atom. The molecule has 0 aromatic heterocycles. The third-order valence-corrected chi connectivity index (χ3v) is 10.8. The van der Waals surface area contributed by atoms with E-state index in [1.807, 2.05) is 0 Å². The predicted molar refractivity (Wildman–Crippen MR) is 229 cm³/mol. The summed E-state index contributed by atoms with van der Waals surface area (Å²) in [5, 5.41) is 40.1. The summed E-state index contributed by atoms with van der Waals surface area (Å²) < 4.78 is 22.8. The zero-order valence-electron chi connectivity index (χ0n) is 36.1. The fourth-order valence-corrected chi connectivity index (χ4v) is 7.13. The smallest absolute Gasteiger partial charge is 0.306 e. The van der Waals surface area contributed by atoms with Crippen LogP contribution in [0, 0.1) is 0 Å². The van der Waals surface area contributed by atoms with Crippen molar-refractivity contribution in [3.63, 3.8) is 0 Å². The van der Waals surface area contributed by atoms with Gasteiger partial charge in [-0.15, -0.1) is 0 Å². The lowest BCUT2D eigenvalue weighted by atomic mass is 9.99. The van der Waals surface area contributed by atoms with Gasteiger partial charge in [0.15, 0.2) is 6.29 Å². The van der Waals surface area contributed by atoms with Crippen LogP contribution in [0.25, 0.3) is 0 Å². The Balaban J connectivity index is 2.22. The summed E-state index contributed by atoms with van der Waals surface area (Å²) in [7, 11) is 0. The quantitative estimate of drug-likeness (QED) is 0.0271. The summed E-state index contributed by atoms with van der Waals surface area (Å²) in [6.07, 6.45) is 37.8. The minimum absolute atomic E-state index is 0.115. The number of carbonyl (C=O) groups excluding carboxylic acids is 1. The number of unbranched alkanes of at least 4 members (excludes halogenated alkanes) is 25. The van der Waals surface area contributed by atoms with Gasteiger partial charge in [0.25, 0.3) is 0 Å². The van der Waals surface area contributed by atoms with Crippen LogP contribution < -0.4 is 0 Å². The van der Waals surface area contributed by atoms with E-state index >= 15 is 0 Å². The lowest BCUT2D eigenvalue weighted by Gasteiger charge is -2.39. The molecular formula is C47H88O9. The van der Waals surface area contributed by atoms with E-state index in [1.165, 1.54) is 141 Å². The van der Waals surface area contributed by atoms with Crippen LogP contribution in [0.3, 0.4) is 0 Å². The SMILES string of the molecule is CCCCCC/C=C\CCCCCCCC(=O)OC(COCCCCCCCCCCCC/C=C\CCCCCCCC)COC1OC(CO)C(O)C(O)C1O. The zero-order chi connectivity index (χ0) is 40.7. The van der Waals surface area contributed by atoms with Crippen molar-refractivity contribution in [2.24, 2.45) is 0 Å². The van der Waals surface area contributed by atoms with E-state index < -0.39 is 43.4 Å². The Labute approximate surface area is 343 Å². The zero-order valence-corrected chi connectivity index (χ0v) is 36.1. The number of carbonyl (C=O) groups is 1. The standard InChI is InChI=1S/C47H88O9/c1-3-5-7-9-11-13-15-17-18-19-20-21-22-23-25-27-29-31-33-35-37-53-39-41(40-54-47-46(52)45(51)44(50)42(38-48)56-47)55-43(49)36-34-32-30-28-26-24-16-14-12-10-8-6-4-2/h14,16-18,41-42,44-48,50-52H,3-13,15,19-40H2,1-2H3/b16-14-,18-17-. The molecule has 9 heteroatoms. The number of hydrogen-bond donors (Lipinski definition) is 4.